The first kappa shape index (κ1) is 17.5. The monoisotopic (exact) mass is 304 g/mol. The van der Waals surface area contributed by atoms with Crippen LogP contribution in [0.3, 0.4) is 0 Å². The fourth-order valence-corrected chi connectivity index (χ4v) is 1.92. The zero-order valence-corrected chi connectivity index (χ0v) is 11.7. The zero-order valence-electron chi connectivity index (χ0n) is 11.7. The summed E-state index contributed by atoms with van der Waals surface area (Å²) in [7, 11) is 0. The topological polar surface area (TPSA) is 64.3 Å². The van der Waals surface area contributed by atoms with Crippen LogP contribution >= 0.6 is 0 Å². The summed E-state index contributed by atoms with van der Waals surface area (Å²) in [5.41, 5.74) is 4.44. The molecule has 7 heteroatoms. The molecule has 4 nitrogen and oxygen atoms in total. The van der Waals surface area contributed by atoms with Gasteiger partial charge < -0.3 is 10.5 Å². The molecule has 0 aliphatic heterocycles. The van der Waals surface area contributed by atoms with Crippen molar-refractivity contribution in [3.8, 4) is 0 Å². The molecule has 1 aromatic carbocycles. The number of alkyl halides is 3. The number of nitrogens with one attached hydrogen (secondary N) is 1. The molecular weight excluding hydrogens is 285 g/mol. The predicted octanol–water partition coefficient (Wildman–Crippen LogP) is 1.95. The fourth-order valence-electron chi connectivity index (χ4n) is 1.92. The minimum Gasteiger partial charge on any atom is -0.369 e. The Bertz CT molecular complexity index is 451. The van der Waals surface area contributed by atoms with Gasteiger partial charge in [0.15, 0.2) is 0 Å². The van der Waals surface area contributed by atoms with Gasteiger partial charge in [0.25, 0.3) is 0 Å². The van der Waals surface area contributed by atoms with Gasteiger partial charge in [0.1, 0.15) is 12.1 Å². The van der Waals surface area contributed by atoms with Gasteiger partial charge in [-0.2, -0.15) is 13.2 Å². The fraction of sp³-hybridized carbons (Fsp3) is 0.500. The van der Waals surface area contributed by atoms with Gasteiger partial charge >= 0.3 is 6.18 Å². The van der Waals surface area contributed by atoms with E-state index in [0.717, 1.165) is 0 Å². The van der Waals surface area contributed by atoms with Gasteiger partial charge in [0.05, 0.1) is 6.61 Å². The van der Waals surface area contributed by atoms with Gasteiger partial charge in [0, 0.05) is 0 Å². The van der Waals surface area contributed by atoms with Gasteiger partial charge in [-0.05, 0) is 18.5 Å². The maximum absolute atomic E-state index is 12.2. The summed E-state index contributed by atoms with van der Waals surface area (Å²) in [6.07, 6.45) is -3.76. The number of nitrogens with two attached hydrogens (primary N) is 1. The first-order valence-electron chi connectivity index (χ1n) is 6.57. The van der Waals surface area contributed by atoms with E-state index in [2.05, 4.69) is 10.1 Å². The maximum Gasteiger partial charge on any atom is 0.411 e. The Morgan fingerprint density at radius 2 is 1.86 bits per heavy atom. The van der Waals surface area contributed by atoms with Crippen LogP contribution in [0.15, 0.2) is 30.3 Å². The number of benzene rings is 1. The van der Waals surface area contributed by atoms with Gasteiger partial charge in [-0.3, -0.25) is 10.1 Å². The van der Waals surface area contributed by atoms with Crippen molar-refractivity contribution in [3.63, 3.8) is 0 Å². The molecule has 21 heavy (non-hydrogen) atoms. The van der Waals surface area contributed by atoms with Crippen LogP contribution in [0.25, 0.3) is 0 Å². The van der Waals surface area contributed by atoms with Crippen LogP contribution in [0.5, 0.6) is 0 Å². The molecule has 0 spiro atoms. The lowest BCUT2D eigenvalue weighted by Gasteiger charge is -2.32. The molecule has 3 N–H and O–H groups in total. The van der Waals surface area contributed by atoms with Crippen LogP contribution in [-0.2, 0) is 15.1 Å². The molecule has 0 heterocycles. The number of primary amides is 1. The third-order valence-corrected chi connectivity index (χ3v) is 2.95. The lowest BCUT2D eigenvalue weighted by atomic mass is 9.89. The summed E-state index contributed by atoms with van der Waals surface area (Å²) in [6, 6.07) is 8.37. The highest BCUT2D eigenvalue weighted by molar-refractivity contribution is 5.86. The molecule has 118 valence electrons. The van der Waals surface area contributed by atoms with Crippen molar-refractivity contribution >= 4 is 5.91 Å². The summed E-state index contributed by atoms with van der Waals surface area (Å²) < 4.78 is 41.4. The van der Waals surface area contributed by atoms with Gasteiger partial charge in [-0.25, -0.2) is 0 Å². The highest BCUT2D eigenvalue weighted by Crippen LogP contribution is 2.23. The van der Waals surface area contributed by atoms with Crippen molar-refractivity contribution in [2.75, 3.05) is 19.8 Å². The van der Waals surface area contributed by atoms with E-state index in [4.69, 9.17) is 5.73 Å². The Kier molecular flexibility index (Phi) is 6.17. The number of halogens is 3. The first-order chi connectivity index (χ1) is 9.82. The molecular formula is C14H19F3N2O2. The number of ether oxygens (including phenoxy) is 1. The van der Waals surface area contributed by atoms with E-state index >= 15 is 0 Å². The summed E-state index contributed by atoms with van der Waals surface area (Å²) in [4.78, 5) is 11.9. The molecule has 1 aromatic rings. The zero-order chi connectivity index (χ0) is 15.9. The number of hydrogen-bond acceptors (Lipinski definition) is 3. The van der Waals surface area contributed by atoms with Crippen molar-refractivity contribution in [1.29, 1.82) is 0 Å². The van der Waals surface area contributed by atoms with Crippen LogP contribution in [0.4, 0.5) is 13.2 Å². The van der Waals surface area contributed by atoms with E-state index in [-0.39, 0.29) is 0 Å². The molecule has 0 aliphatic rings. The molecule has 0 aliphatic carbocycles. The third-order valence-electron chi connectivity index (χ3n) is 2.95. The normalized spacial score (nSPS) is 14.7. The Morgan fingerprint density at radius 1 is 1.24 bits per heavy atom. The van der Waals surface area contributed by atoms with Crippen LogP contribution < -0.4 is 11.1 Å². The SMILES string of the molecule is CCCNC(COCC(F)(F)F)(C(N)=O)c1ccccc1. The number of carbonyl (C=O) groups excluding carboxylic acids is 1. The molecule has 0 saturated carbocycles. The van der Waals surface area contributed by atoms with Crippen LogP contribution in [0.1, 0.15) is 18.9 Å². The van der Waals surface area contributed by atoms with Gasteiger partial charge in [0.2, 0.25) is 5.91 Å². The highest BCUT2D eigenvalue weighted by Gasteiger charge is 2.39. The Morgan fingerprint density at radius 3 is 2.33 bits per heavy atom. The first-order valence-corrected chi connectivity index (χ1v) is 6.57. The number of carbonyl (C=O) groups is 1. The van der Waals surface area contributed by atoms with Crippen molar-refractivity contribution in [2.45, 2.75) is 25.1 Å². The molecule has 1 rings (SSSR count). The Labute approximate surface area is 121 Å². The standard InChI is InChI=1S/C14H19F3N2O2/c1-2-8-19-13(12(18)20,9-21-10-14(15,16)17)11-6-4-3-5-7-11/h3-7,19H,2,8-10H2,1H3,(H2,18,20). The molecule has 1 atom stereocenters. The lowest BCUT2D eigenvalue weighted by molar-refractivity contribution is -0.180. The number of hydrogen-bond donors (Lipinski definition) is 2. The largest absolute Gasteiger partial charge is 0.411 e. The third kappa shape index (κ3) is 5.02. The molecule has 1 unspecified atom stereocenters. The predicted molar refractivity (Wildman–Crippen MR) is 72.5 cm³/mol. The minimum absolute atomic E-state index is 0.424. The smallest absolute Gasteiger partial charge is 0.369 e. The van der Waals surface area contributed by atoms with E-state index in [1.165, 1.54) is 0 Å². The van der Waals surface area contributed by atoms with Crippen molar-refractivity contribution in [1.82, 2.24) is 5.32 Å². The second kappa shape index (κ2) is 7.42. The highest BCUT2D eigenvalue weighted by atomic mass is 19.4. The van der Waals surface area contributed by atoms with E-state index in [1.807, 2.05) is 6.92 Å². The molecule has 0 fully saturated rings. The van der Waals surface area contributed by atoms with Crippen molar-refractivity contribution in [2.24, 2.45) is 5.73 Å². The molecule has 1 amide bonds. The lowest BCUT2D eigenvalue weighted by Crippen LogP contribution is -2.56. The molecule has 0 radical (unpaired) electrons. The van der Waals surface area contributed by atoms with Crippen molar-refractivity contribution < 1.29 is 22.7 Å². The minimum atomic E-state index is -4.45. The number of amides is 1. The maximum atomic E-state index is 12.2. The van der Waals surface area contributed by atoms with Crippen LogP contribution in [-0.4, -0.2) is 31.8 Å². The van der Waals surface area contributed by atoms with Gasteiger partial charge in [-0.15, -0.1) is 0 Å². The second-order valence-electron chi connectivity index (χ2n) is 4.67. The Hall–Kier alpha value is -1.60. The summed E-state index contributed by atoms with van der Waals surface area (Å²) >= 11 is 0. The summed E-state index contributed by atoms with van der Waals surface area (Å²) in [6.45, 7) is 0.391. The summed E-state index contributed by atoms with van der Waals surface area (Å²) in [5.74, 6) is -0.774. The average molecular weight is 304 g/mol. The van der Waals surface area contributed by atoms with E-state index in [9.17, 15) is 18.0 Å². The van der Waals surface area contributed by atoms with Gasteiger partial charge in [-0.1, -0.05) is 37.3 Å². The van der Waals surface area contributed by atoms with E-state index in [1.54, 1.807) is 30.3 Å². The quantitative estimate of drug-likeness (QED) is 0.771. The van der Waals surface area contributed by atoms with E-state index in [0.29, 0.717) is 18.5 Å². The van der Waals surface area contributed by atoms with Crippen molar-refractivity contribution in [3.05, 3.63) is 35.9 Å². The average Bonchev–Trinajstić information content (AvgIpc) is 2.42. The second-order valence-corrected chi connectivity index (χ2v) is 4.67. The molecule has 0 aromatic heterocycles. The molecule has 0 saturated heterocycles. The van der Waals surface area contributed by atoms with Crippen LogP contribution in [0.2, 0.25) is 0 Å². The Balaban J connectivity index is 2.99. The number of rotatable bonds is 8. The van der Waals surface area contributed by atoms with E-state index < -0.39 is 30.8 Å². The summed E-state index contributed by atoms with van der Waals surface area (Å²) in [5, 5.41) is 2.92. The van der Waals surface area contributed by atoms with Crippen LogP contribution in [0, 0.1) is 0 Å². The molecule has 0 bridgehead atoms.